The molecule has 0 amide bonds. The van der Waals surface area contributed by atoms with Crippen molar-refractivity contribution in [3.63, 3.8) is 0 Å². The third kappa shape index (κ3) is 1.33. The fourth-order valence-corrected chi connectivity index (χ4v) is 1.93. The normalized spacial score (nSPS) is 20.4. The van der Waals surface area contributed by atoms with Crippen LogP contribution in [0.3, 0.4) is 0 Å². The molecule has 0 saturated heterocycles. The number of aromatic nitrogens is 2. The van der Waals surface area contributed by atoms with Crippen molar-refractivity contribution >= 4 is 11.0 Å². The van der Waals surface area contributed by atoms with Gasteiger partial charge >= 0.3 is 0 Å². The molecule has 1 aliphatic rings. The molecular weight excluding hydrogens is 188 g/mol. The Morgan fingerprint density at radius 3 is 2.93 bits per heavy atom. The van der Waals surface area contributed by atoms with Crippen molar-refractivity contribution in [2.75, 3.05) is 0 Å². The molecule has 1 aromatic carbocycles. The van der Waals surface area contributed by atoms with Crippen molar-refractivity contribution in [3.8, 4) is 0 Å². The van der Waals surface area contributed by atoms with Crippen LogP contribution < -0.4 is 11.5 Å². The number of benzene rings is 1. The highest BCUT2D eigenvalue weighted by Crippen LogP contribution is 2.42. The molecule has 15 heavy (non-hydrogen) atoms. The molecule has 1 unspecified atom stereocenters. The summed E-state index contributed by atoms with van der Waals surface area (Å²) in [5.41, 5.74) is 15.1. The first kappa shape index (κ1) is 8.88. The number of aromatic amines is 1. The molecule has 0 radical (unpaired) electrons. The maximum absolute atomic E-state index is 6.14. The molecule has 1 aromatic heterocycles. The Labute approximate surface area is 87.7 Å². The van der Waals surface area contributed by atoms with Crippen LogP contribution in [0.5, 0.6) is 0 Å². The molecular formula is C11H14N4. The van der Waals surface area contributed by atoms with E-state index in [0.29, 0.717) is 0 Å². The summed E-state index contributed by atoms with van der Waals surface area (Å²) in [4.78, 5) is 7.25. The molecule has 0 spiro atoms. The summed E-state index contributed by atoms with van der Waals surface area (Å²) in [6.45, 7) is 0. The Balaban J connectivity index is 2.03. The van der Waals surface area contributed by atoms with E-state index in [1.54, 1.807) is 6.33 Å². The molecule has 1 fully saturated rings. The molecule has 4 heteroatoms. The molecule has 1 saturated carbocycles. The fourth-order valence-electron chi connectivity index (χ4n) is 1.93. The smallest absolute Gasteiger partial charge is 0.0931 e. The highest BCUT2D eigenvalue weighted by atomic mass is 14.9. The van der Waals surface area contributed by atoms with Crippen LogP contribution in [0.4, 0.5) is 0 Å². The van der Waals surface area contributed by atoms with Crippen LogP contribution in [-0.2, 0) is 0 Å². The van der Waals surface area contributed by atoms with Gasteiger partial charge in [-0.05, 0) is 30.5 Å². The maximum Gasteiger partial charge on any atom is 0.0931 e. The monoisotopic (exact) mass is 202 g/mol. The van der Waals surface area contributed by atoms with E-state index in [1.165, 1.54) is 0 Å². The third-order valence-electron chi connectivity index (χ3n) is 3.25. The van der Waals surface area contributed by atoms with Gasteiger partial charge in [0.05, 0.1) is 17.4 Å². The van der Waals surface area contributed by atoms with Gasteiger partial charge in [-0.25, -0.2) is 4.98 Å². The first-order chi connectivity index (χ1) is 7.19. The predicted octanol–water partition coefficient (Wildman–Crippen LogP) is 1.05. The van der Waals surface area contributed by atoms with Crippen molar-refractivity contribution in [2.24, 2.45) is 11.5 Å². The summed E-state index contributed by atoms with van der Waals surface area (Å²) >= 11 is 0. The SMILES string of the molecule is NC(c1ccc2nc[nH]c2c1)C1(N)CC1. The summed E-state index contributed by atoms with van der Waals surface area (Å²) in [7, 11) is 0. The zero-order chi connectivity index (χ0) is 10.5. The maximum atomic E-state index is 6.14. The molecule has 1 atom stereocenters. The zero-order valence-corrected chi connectivity index (χ0v) is 8.40. The lowest BCUT2D eigenvalue weighted by molar-refractivity contribution is 0.536. The molecule has 5 N–H and O–H groups in total. The molecule has 1 heterocycles. The number of nitrogens with two attached hydrogens (primary N) is 2. The van der Waals surface area contributed by atoms with Crippen molar-refractivity contribution in [3.05, 3.63) is 30.1 Å². The van der Waals surface area contributed by atoms with E-state index in [1.807, 2.05) is 18.2 Å². The van der Waals surface area contributed by atoms with Gasteiger partial charge in [0, 0.05) is 11.6 Å². The Morgan fingerprint density at radius 2 is 2.20 bits per heavy atom. The predicted molar refractivity (Wildman–Crippen MR) is 59.2 cm³/mol. The highest BCUT2D eigenvalue weighted by molar-refractivity contribution is 5.75. The van der Waals surface area contributed by atoms with Crippen LogP contribution in [0.15, 0.2) is 24.5 Å². The number of imidazole rings is 1. The van der Waals surface area contributed by atoms with Crippen molar-refractivity contribution < 1.29 is 0 Å². The Kier molecular flexibility index (Phi) is 1.66. The van der Waals surface area contributed by atoms with E-state index in [4.69, 9.17) is 11.5 Å². The van der Waals surface area contributed by atoms with E-state index in [2.05, 4.69) is 9.97 Å². The molecule has 78 valence electrons. The summed E-state index contributed by atoms with van der Waals surface area (Å²) in [5.74, 6) is 0. The minimum atomic E-state index is -0.173. The van der Waals surface area contributed by atoms with Gasteiger partial charge < -0.3 is 16.5 Å². The Hall–Kier alpha value is -1.39. The second kappa shape index (κ2) is 2.81. The zero-order valence-electron chi connectivity index (χ0n) is 8.40. The minimum absolute atomic E-state index is 0.0646. The van der Waals surface area contributed by atoms with E-state index >= 15 is 0 Å². The largest absolute Gasteiger partial charge is 0.345 e. The number of rotatable bonds is 2. The quantitative estimate of drug-likeness (QED) is 0.681. The third-order valence-corrected chi connectivity index (χ3v) is 3.25. The first-order valence-corrected chi connectivity index (χ1v) is 5.16. The Morgan fingerprint density at radius 1 is 1.40 bits per heavy atom. The summed E-state index contributed by atoms with van der Waals surface area (Å²) in [5, 5.41) is 0. The molecule has 3 rings (SSSR count). The van der Waals surface area contributed by atoms with E-state index < -0.39 is 0 Å². The van der Waals surface area contributed by atoms with E-state index in [0.717, 1.165) is 29.4 Å². The number of nitrogens with one attached hydrogen (secondary N) is 1. The Bertz CT molecular complexity index is 498. The lowest BCUT2D eigenvalue weighted by atomic mass is 9.98. The highest BCUT2D eigenvalue weighted by Gasteiger charge is 2.44. The average Bonchev–Trinajstić information content (AvgIpc) is 2.82. The topological polar surface area (TPSA) is 80.7 Å². The van der Waals surface area contributed by atoms with E-state index in [-0.39, 0.29) is 11.6 Å². The van der Waals surface area contributed by atoms with Gasteiger partial charge in [0.15, 0.2) is 0 Å². The van der Waals surface area contributed by atoms with Gasteiger partial charge in [-0.2, -0.15) is 0 Å². The number of nitrogens with zero attached hydrogens (tertiary/aromatic N) is 1. The summed E-state index contributed by atoms with van der Waals surface area (Å²) in [6, 6.07) is 5.97. The fraction of sp³-hybridized carbons (Fsp3) is 0.364. The van der Waals surface area contributed by atoms with Gasteiger partial charge in [0.1, 0.15) is 0 Å². The lowest BCUT2D eigenvalue weighted by Crippen LogP contribution is -2.36. The summed E-state index contributed by atoms with van der Waals surface area (Å²) < 4.78 is 0. The molecule has 0 aliphatic heterocycles. The number of hydrogen-bond acceptors (Lipinski definition) is 3. The standard InChI is InChI=1S/C11H14N4/c12-10(11(13)3-4-11)7-1-2-8-9(5-7)15-6-14-8/h1-2,5-6,10H,3-4,12-13H2,(H,14,15). The van der Waals surface area contributed by atoms with Crippen LogP contribution in [0.2, 0.25) is 0 Å². The second-order valence-corrected chi connectivity index (χ2v) is 4.39. The van der Waals surface area contributed by atoms with Crippen LogP contribution in [0, 0.1) is 0 Å². The molecule has 1 aliphatic carbocycles. The first-order valence-electron chi connectivity index (χ1n) is 5.16. The van der Waals surface area contributed by atoms with Crippen LogP contribution >= 0.6 is 0 Å². The summed E-state index contributed by atoms with van der Waals surface area (Å²) in [6.07, 6.45) is 3.74. The molecule has 0 bridgehead atoms. The van der Waals surface area contributed by atoms with Gasteiger partial charge in [-0.15, -0.1) is 0 Å². The molecule has 4 nitrogen and oxygen atoms in total. The van der Waals surface area contributed by atoms with E-state index in [9.17, 15) is 0 Å². The van der Waals surface area contributed by atoms with Gasteiger partial charge in [-0.3, -0.25) is 0 Å². The number of H-pyrrole nitrogens is 1. The molecule has 2 aromatic rings. The van der Waals surface area contributed by atoms with Crippen LogP contribution in [-0.4, -0.2) is 15.5 Å². The second-order valence-electron chi connectivity index (χ2n) is 4.39. The van der Waals surface area contributed by atoms with Crippen LogP contribution in [0.25, 0.3) is 11.0 Å². The number of hydrogen-bond donors (Lipinski definition) is 3. The number of fused-ring (bicyclic) bond motifs is 1. The minimum Gasteiger partial charge on any atom is -0.345 e. The van der Waals surface area contributed by atoms with Crippen molar-refractivity contribution in [1.29, 1.82) is 0 Å². The van der Waals surface area contributed by atoms with Crippen molar-refractivity contribution in [2.45, 2.75) is 24.4 Å². The average molecular weight is 202 g/mol. The van der Waals surface area contributed by atoms with Crippen molar-refractivity contribution in [1.82, 2.24) is 9.97 Å². The van der Waals surface area contributed by atoms with Crippen LogP contribution in [0.1, 0.15) is 24.4 Å². The van der Waals surface area contributed by atoms with Gasteiger partial charge in [-0.1, -0.05) is 6.07 Å². The lowest BCUT2D eigenvalue weighted by Gasteiger charge is -2.18. The van der Waals surface area contributed by atoms with Gasteiger partial charge in [0.25, 0.3) is 0 Å². The van der Waals surface area contributed by atoms with Gasteiger partial charge in [0.2, 0.25) is 0 Å².